The molecule has 0 N–H and O–H groups in total. The molecule has 0 bridgehead atoms. The van der Waals surface area contributed by atoms with Gasteiger partial charge in [0.15, 0.2) is 0 Å². The van der Waals surface area contributed by atoms with E-state index >= 15 is 0 Å². The molecule has 1 aromatic heterocycles. The molecule has 6 heteroatoms. The smallest absolute Gasteiger partial charge is 0.282 e. The summed E-state index contributed by atoms with van der Waals surface area (Å²) in [4.78, 5) is 4.59. The number of halogens is 2. The first kappa shape index (κ1) is 17.5. The van der Waals surface area contributed by atoms with Crippen molar-refractivity contribution in [2.45, 2.75) is 13.0 Å². The van der Waals surface area contributed by atoms with Crippen LogP contribution in [0.2, 0.25) is 0 Å². The van der Waals surface area contributed by atoms with Gasteiger partial charge in [-0.15, -0.1) is 5.10 Å². The predicted octanol–water partition coefficient (Wildman–Crippen LogP) is 4.66. The Bertz CT molecular complexity index is 913. The third kappa shape index (κ3) is 3.66. The standard InChI is InChI=1S/C21H20F2N4/c1-26-11-12-27(17-5-3-2-4-6-17)20-10-7-15(13-16(20)14-26)18-8-9-19(21(22)23)25-24-18/h2-10,13,21H,11-12,14H2,1H3. The van der Waals surface area contributed by atoms with E-state index in [1.807, 2.05) is 24.3 Å². The summed E-state index contributed by atoms with van der Waals surface area (Å²) in [5, 5.41) is 7.62. The fourth-order valence-corrected chi connectivity index (χ4v) is 3.38. The zero-order valence-corrected chi connectivity index (χ0v) is 15.0. The third-order valence-electron chi connectivity index (χ3n) is 4.79. The van der Waals surface area contributed by atoms with Gasteiger partial charge in [-0.1, -0.05) is 24.3 Å². The molecule has 0 saturated carbocycles. The molecule has 2 aromatic carbocycles. The van der Waals surface area contributed by atoms with Crippen LogP contribution in [0.5, 0.6) is 0 Å². The number of hydrogen-bond donors (Lipinski definition) is 0. The maximum atomic E-state index is 12.7. The minimum atomic E-state index is -2.60. The highest BCUT2D eigenvalue weighted by Gasteiger charge is 2.20. The van der Waals surface area contributed by atoms with Crippen LogP contribution in [0, 0.1) is 0 Å². The van der Waals surface area contributed by atoms with Crippen molar-refractivity contribution < 1.29 is 8.78 Å². The molecule has 27 heavy (non-hydrogen) atoms. The first-order valence-electron chi connectivity index (χ1n) is 8.88. The van der Waals surface area contributed by atoms with Gasteiger partial charge in [0.2, 0.25) is 0 Å². The molecule has 0 atom stereocenters. The van der Waals surface area contributed by atoms with Gasteiger partial charge in [0.25, 0.3) is 6.43 Å². The maximum absolute atomic E-state index is 12.7. The minimum absolute atomic E-state index is 0.302. The Morgan fingerprint density at radius 3 is 2.44 bits per heavy atom. The fraction of sp³-hybridized carbons (Fsp3) is 0.238. The fourth-order valence-electron chi connectivity index (χ4n) is 3.38. The predicted molar refractivity (Wildman–Crippen MR) is 102 cm³/mol. The van der Waals surface area contributed by atoms with E-state index in [1.54, 1.807) is 6.07 Å². The van der Waals surface area contributed by atoms with E-state index in [2.05, 4.69) is 51.3 Å². The molecule has 4 nitrogen and oxygen atoms in total. The molecular formula is C21H20F2N4. The lowest BCUT2D eigenvalue weighted by Crippen LogP contribution is -2.26. The van der Waals surface area contributed by atoms with Crippen LogP contribution in [0.3, 0.4) is 0 Å². The highest BCUT2D eigenvalue weighted by atomic mass is 19.3. The lowest BCUT2D eigenvalue weighted by atomic mass is 10.0. The van der Waals surface area contributed by atoms with Crippen LogP contribution in [-0.2, 0) is 6.54 Å². The van der Waals surface area contributed by atoms with Crippen molar-refractivity contribution in [3.63, 3.8) is 0 Å². The second-order valence-corrected chi connectivity index (χ2v) is 6.71. The Labute approximate surface area is 157 Å². The summed E-state index contributed by atoms with van der Waals surface area (Å²) in [6, 6.07) is 19.4. The highest BCUT2D eigenvalue weighted by molar-refractivity contribution is 5.72. The monoisotopic (exact) mass is 366 g/mol. The van der Waals surface area contributed by atoms with Gasteiger partial charge in [0.05, 0.1) is 5.69 Å². The first-order chi connectivity index (χ1) is 13.1. The normalized spacial score (nSPS) is 14.9. The summed E-state index contributed by atoms with van der Waals surface area (Å²) in [7, 11) is 2.10. The lowest BCUT2D eigenvalue weighted by Gasteiger charge is -2.25. The number of likely N-dealkylation sites (N-methyl/N-ethyl adjacent to an activating group) is 1. The SMILES string of the molecule is CN1CCN(c2ccccc2)c2ccc(-c3ccc(C(F)F)nn3)cc2C1. The van der Waals surface area contributed by atoms with Crippen LogP contribution in [0.25, 0.3) is 11.3 Å². The number of aromatic nitrogens is 2. The zero-order chi connectivity index (χ0) is 18.8. The molecule has 0 amide bonds. The van der Waals surface area contributed by atoms with E-state index in [4.69, 9.17) is 0 Å². The van der Waals surface area contributed by atoms with Crippen molar-refractivity contribution >= 4 is 11.4 Å². The molecule has 1 aliphatic rings. The van der Waals surface area contributed by atoms with Crippen molar-refractivity contribution in [2.75, 3.05) is 25.0 Å². The van der Waals surface area contributed by atoms with Crippen LogP contribution in [0.1, 0.15) is 17.7 Å². The van der Waals surface area contributed by atoms with Crippen LogP contribution in [-0.4, -0.2) is 35.2 Å². The number of benzene rings is 2. The molecule has 2 heterocycles. The second-order valence-electron chi connectivity index (χ2n) is 6.71. The largest absolute Gasteiger partial charge is 0.340 e. The summed E-state index contributed by atoms with van der Waals surface area (Å²) in [6.45, 7) is 2.66. The van der Waals surface area contributed by atoms with Crippen molar-refractivity contribution in [3.05, 3.63) is 71.9 Å². The summed E-state index contributed by atoms with van der Waals surface area (Å²) in [5.74, 6) is 0. The number of nitrogens with zero attached hydrogens (tertiary/aromatic N) is 4. The van der Waals surface area contributed by atoms with Gasteiger partial charge in [-0.3, -0.25) is 0 Å². The maximum Gasteiger partial charge on any atom is 0.282 e. The van der Waals surface area contributed by atoms with Gasteiger partial charge in [0.1, 0.15) is 5.69 Å². The van der Waals surface area contributed by atoms with Crippen LogP contribution < -0.4 is 4.90 Å². The number of anilines is 2. The van der Waals surface area contributed by atoms with E-state index in [9.17, 15) is 8.78 Å². The summed E-state index contributed by atoms with van der Waals surface area (Å²) in [6.07, 6.45) is -2.60. The molecule has 0 saturated heterocycles. The molecule has 4 rings (SSSR count). The number of para-hydroxylation sites is 1. The van der Waals surface area contributed by atoms with E-state index in [0.717, 1.165) is 36.6 Å². The molecule has 138 valence electrons. The van der Waals surface area contributed by atoms with E-state index in [0.29, 0.717) is 5.69 Å². The van der Waals surface area contributed by atoms with Crippen LogP contribution in [0.4, 0.5) is 20.2 Å². The zero-order valence-electron chi connectivity index (χ0n) is 15.0. The van der Waals surface area contributed by atoms with Gasteiger partial charge in [-0.05, 0) is 49.0 Å². The molecule has 0 aliphatic carbocycles. The summed E-state index contributed by atoms with van der Waals surface area (Å²) < 4.78 is 25.4. The quantitative estimate of drug-likeness (QED) is 0.675. The van der Waals surface area contributed by atoms with E-state index in [-0.39, 0.29) is 5.69 Å². The van der Waals surface area contributed by atoms with E-state index in [1.165, 1.54) is 11.6 Å². The van der Waals surface area contributed by atoms with Crippen LogP contribution in [0.15, 0.2) is 60.7 Å². The summed E-state index contributed by atoms with van der Waals surface area (Å²) >= 11 is 0. The summed E-state index contributed by atoms with van der Waals surface area (Å²) in [5.41, 5.74) is 4.67. The van der Waals surface area contributed by atoms with Crippen molar-refractivity contribution in [3.8, 4) is 11.3 Å². The Morgan fingerprint density at radius 2 is 1.74 bits per heavy atom. The van der Waals surface area contributed by atoms with Crippen molar-refractivity contribution in [1.82, 2.24) is 15.1 Å². The Hall–Kier alpha value is -2.86. The van der Waals surface area contributed by atoms with Crippen LogP contribution >= 0.6 is 0 Å². The molecule has 0 fully saturated rings. The van der Waals surface area contributed by atoms with Gasteiger partial charge < -0.3 is 9.80 Å². The molecule has 0 spiro atoms. The van der Waals surface area contributed by atoms with Crippen molar-refractivity contribution in [1.29, 1.82) is 0 Å². The molecule has 0 radical (unpaired) electrons. The van der Waals surface area contributed by atoms with Gasteiger partial charge >= 0.3 is 0 Å². The average Bonchev–Trinajstić information content (AvgIpc) is 2.86. The molecule has 1 aliphatic heterocycles. The van der Waals surface area contributed by atoms with Gasteiger partial charge in [0, 0.05) is 36.6 Å². The molecule has 3 aromatic rings. The van der Waals surface area contributed by atoms with E-state index < -0.39 is 6.43 Å². The molecular weight excluding hydrogens is 346 g/mol. The Kier molecular flexibility index (Phi) is 4.81. The lowest BCUT2D eigenvalue weighted by molar-refractivity contribution is 0.145. The average molecular weight is 366 g/mol. The Balaban J connectivity index is 1.73. The molecule has 0 unspecified atom stereocenters. The number of rotatable bonds is 3. The number of fused-ring (bicyclic) bond motifs is 1. The topological polar surface area (TPSA) is 32.3 Å². The highest BCUT2D eigenvalue weighted by Crippen LogP contribution is 2.34. The number of hydrogen-bond acceptors (Lipinski definition) is 4. The number of alkyl halides is 2. The minimum Gasteiger partial charge on any atom is -0.340 e. The third-order valence-corrected chi connectivity index (χ3v) is 4.79. The van der Waals surface area contributed by atoms with Gasteiger partial charge in [-0.2, -0.15) is 5.10 Å². The second kappa shape index (κ2) is 7.40. The first-order valence-corrected chi connectivity index (χ1v) is 8.88. The van der Waals surface area contributed by atoms with Crippen molar-refractivity contribution in [2.24, 2.45) is 0 Å². The van der Waals surface area contributed by atoms with Gasteiger partial charge in [-0.25, -0.2) is 8.78 Å². The Morgan fingerprint density at radius 1 is 0.926 bits per heavy atom.